The second kappa shape index (κ2) is 3.69. The van der Waals surface area contributed by atoms with Gasteiger partial charge in [0.25, 0.3) is 0 Å². The molecular formula is C7H18N3O+. The fraction of sp³-hybridized carbons (Fsp3) is 0.857. The molecule has 4 nitrogen and oxygen atoms in total. The molecule has 11 heavy (non-hydrogen) atoms. The third kappa shape index (κ3) is 4.75. The van der Waals surface area contributed by atoms with E-state index in [1.165, 1.54) is 0 Å². The number of rotatable bonds is 2. The summed E-state index contributed by atoms with van der Waals surface area (Å²) in [5.74, 6) is 0. The highest BCUT2D eigenvalue weighted by atomic mass is 16.2. The van der Waals surface area contributed by atoms with Crippen LogP contribution in [0.2, 0.25) is 0 Å². The molecule has 2 amide bonds. The molecule has 0 aliphatic carbocycles. The first-order chi connectivity index (χ1) is 4.84. The predicted molar refractivity (Wildman–Crippen MR) is 45.1 cm³/mol. The first-order valence-electron chi connectivity index (χ1n) is 3.58. The molecule has 0 heterocycles. The molecule has 0 bridgehead atoms. The van der Waals surface area contributed by atoms with Crippen LogP contribution in [-0.2, 0) is 0 Å². The van der Waals surface area contributed by atoms with Gasteiger partial charge >= 0.3 is 6.03 Å². The minimum Gasteiger partial charge on any atom is -0.293 e. The number of nitrogens with one attached hydrogen (secondary N) is 1. The Bertz CT molecular complexity index is 137. The maximum absolute atomic E-state index is 11.2. The number of hydrogen-bond donors (Lipinski definition) is 1. The molecule has 0 aliphatic rings. The Morgan fingerprint density at radius 2 is 1.82 bits per heavy atom. The Morgan fingerprint density at radius 1 is 1.36 bits per heavy atom. The van der Waals surface area contributed by atoms with Gasteiger partial charge in [-0.3, -0.25) is 10.2 Å². The van der Waals surface area contributed by atoms with Gasteiger partial charge in [0.05, 0.1) is 27.8 Å². The van der Waals surface area contributed by atoms with Crippen molar-refractivity contribution in [3.63, 3.8) is 0 Å². The normalized spacial score (nSPS) is 11.8. The third-order valence-electron chi connectivity index (χ3n) is 1.16. The zero-order chi connectivity index (χ0) is 9.07. The number of urea groups is 1. The highest BCUT2D eigenvalue weighted by Crippen LogP contribution is 1.89. The second-order valence-corrected chi connectivity index (χ2v) is 3.73. The summed E-state index contributed by atoms with van der Waals surface area (Å²) < 4.78 is 0.313. The molecule has 0 saturated carbocycles. The molecule has 0 radical (unpaired) electrons. The van der Waals surface area contributed by atoms with Crippen molar-refractivity contribution in [3.05, 3.63) is 0 Å². The zero-order valence-corrected chi connectivity index (χ0v) is 8.01. The molecule has 0 spiro atoms. The molecule has 1 N–H and O–H groups in total. The van der Waals surface area contributed by atoms with Crippen molar-refractivity contribution in [2.75, 3.05) is 41.9 Å². The fourth-order valence-electron chi connectivity index (χ4n) is 0.463. The van der Waals surface area contributed by atoms with Gasteiger partial charge in [-0.2, -0.15) is 0 Å². The number of quaternary nitrogens is 1. The summed E-state index contributed by atoms with van der Waals surface area (Å²) >= 11 is 0. The van der Waals surface area contributed by atoms with E-state index in [0.717, 1.165) is 0 Å². The van der Waals surface area contributed by atoms with Crippen molar-refractivity contribution in [1.29, 1.82) is 0 Å². The number of carbonyl (C=O) groups excluding carboxylic acids is 1. The van der Waals surface area contributed by atoms with E-state index in [1.54, 1.807) is 0 Å². The van der Waals surface area contributed by atoms with Crippen LogP contribution < -0.4 is 5.32 Å². The van der Waals surface area contributed by atoms with E-state index in [2.05, 4.69) is 5.32 Å². The van der Waals surface area contributed by atoms with Crippen LogP contribution in [0.25, 0.3) is 0 Å². The van der Waals surface area contributed by atoms with Crippen molar-refractivity contribution in [2.45, 2.75) is 0 Å². The largest absolute Gasteiger partial charge is 0.416 e. The molecule has 0 unspecified atom stereocenters. The average molecular weight is 160 g/mol. The van der Waals surface area contributed by atoms with Gasteiger partial charge in [-0.1, -0.05) is 0 Å². The number of hydrogen-bond acceptors (Lipinski definition) is 2. The molecule has 0 rings (SSSR count). The Kier molecular flexibility index (Phi) is 3.48. The van der Waals surface area contributed by atoms with Crippen LogP contribution in [0.4, 0.5) is 4.79 Å². The Balaban J connectivity index is 3.71. The standard InChI is InChI=1S/C7H17N3O/c1-9(2)6-8-7(11)10(3,4)5/h6H2,1-5H3/p+1. The Morgan fingerprint density at radius 3 is 2.09 bits per heavy atom. The molecule has 0 saturated heterocycles. The number of nitrogens with zero attached hydrogens (tertiary/aromatic N) is 2. The van der Waals surface area contributed by atoms with E-state index >= 15 is 0 Å². The van der Waals surface area contributed by atoms with E-state index in [-0.39, 0.29) is 6.03 Å². The van der Waals surface area contributed by atoms with Crippen molar-refractivity contribution in [1.82, 2.24) is 10.2 Å². The van der Waals surface area contributed by atoms with Gasteiger partial charge < -0.3 is 0 Å². The van der Waals surface area contributed by atoms with Crippen LogP contribution in [0, 0.1) is 0 Å². The zero-order valence-electron chi connectivity index (χ0n) is 8.01. The van der Waals surface area contributed by atoms with E-state index in [0.29, 0.717) is 11.2 Å². The summed E-state index contributed by atoms with van der Waals surface area (Å²) in [6.45, 7) is 0.592. The van der Waals surface area contributed by atoms with Crippen LogP contribution in [0.1, 0.15) is 0 Å². The Labute approximate surface area is 68.4 Å². The van der Waals surface area contributed by atoms with Gasteiger partial charge in [-0.15, -0.1) is 0 Å². The van der Waals surface area contributed by atoms with Gasteiger partial charge in [-0.05, 0) is 14.1 Å². The highest BCUT2D eigenvalue weighted by molar-refractivity contribution is 5.66. The van der Waals surface area contributed by atoms with Crippen molar-refractivity contribution < 1.29 is 9.28 Å². The first kappa shape index (κ1) is 10.4. The minimum atomic E-state index is 0.0266. The maximum Gasteiger partial charge on any atom is 0.416 e. The monoisotopic (exact) mass is 160 g/mol. The molecule has 0 atom stereocenters. The van der Waals surface area contributed by atoms with E-state index in [1.807, 2.05) is 40.1 Å². The summed E-state index contributed by atoms with van der Waals surface area (Å²) in [6.07, 6.45) is 0. The smallest absolute Gasteiger partial charge is 0.293 e. The van der Waals surface area contributed by atoms with Crippen LogP contribution in [0.15, 0.2) is 0 Å². The van der Waals surface area contributed by atoms with Gasteiger partial charge in [0.2, 0.25) is 0 Å². The SMILES string of the molecule is CN(C)CNC(=O)[N+](C)(C)C. The van der Waals surface area contributed by atoms with Crippen LogP contribution >= 0.6 is 0 Å². The maximum atomic E-state index is 11.2. The molecule has 0 aromatic rings. The Hall–Kier alpha value is -0.610. The van der Waals surface area contributed by atoms with E-state index in [9.17, 15) is 4.79 Å². The van der Waals surface area contributed by atoms with Gasteiger partial charge in [0.1, 0.15) is 0 Å². The highest BCUT2D eigenvalue weighted by Gasteiger charge is 2.19. The predicted octanol–water partition coefficient (Wildman–Crippen LogP) is -0.0787. The van der Waals surface area contributed by atoms with E-state index in [4.69, 9.17) is 0 Å². The first-order valence-corrected chi connectivity index (χ1v) is 3.58. The lowest BCUT2D eigenvalue weighted by molar-refractivity contribution is -0.787. The summed E-state index contributed by atoms with van der Waals surface area (Å²) in [7, 11) is 9.34. The van der Waals surface area contributed by atoms with Crippen molar-refractivity contribution >= 4 is 6.03 Å². The van der Waals surface area contributed by atoms with Crippen LogP contribution in [0.3, 0.4) is 0 Å². The summed E-state index contributed by atoms with van der Waals surface area (Å²) in [5, 5.41) is 2.78. The lowest BCUT2D eigenvalue weighted by atomic mass is 10.6. The summed E-state index contributed by atoms with van der Waals surface area (Å²) in [4.78, 5) is 13.1. The number of carbonyl (C=O) groups is 1. The lowest BCUT2D eigenvalue weighted by Gasteiger charge is -2.21. The lowest BCUT2D eigenvalue weighted by Crippen LogP contribution is -2.50. The minimum absolute atomic E-state index is 0.0266. The van der Waals surface area contributed by atoms with Crippen molar-refractivity contribution in [3.8, 4) is 0 Å². The van der Waals surface area contributed by atoms with E-state index < -0.39 is 0 Å². The molecule has 66 valence electrons. The topological polar surface area (TPSA) is 32.3 Å². The summed E-state index contributed by atoms with van der Waals surface area (Å²) in [6, 6.07) is 0.0266. The molecule has 0 aromatic heterocycles. The van der Waals surface area contributed by atoms with Crippen LogP contribution in [0.5, 0.6) is 0 Å². The number of amides is 2. The fourth-order valence-corrected chi connectivity index (χ4v) is 0.463. The van der Waals surface area contributed by atoms with Gasteiger partial charge in [0.15, 0.2) is 0 Å². The quantitative estimate of drug-likeness (QED) is 0.453. The second-order valence-electron chi connectivity index (χ2n) is 3.73. The van der Waals surface area contributed by atoms with Gasteiger partial charge in [-0.25, -0.2) is 9.28 Å². The molecule has 0 aliphatic heterocycles. The molecular weight excluding hydrogens is 142 g/mol. The summed E-state index contributed by atoms with van der Waals surface area (Å²) in [5.41, 5.74) is 0. The third-order valence-corrected chi connectivity index (χ3v) is 1.16. The van der Waals surface area contributed by atoms with Crippen LogP contribution in [-0.4, -0.2) is 57.3 Å². The molecule has 0 aromatic carbocycles. The van der Waals surface area contributed by atoms with Crippen molar-refractivity contribution in [2.24, 2.45) is 0 Å². The molecule has 0 fully saturated rings. The average Bonchev–Trinajstić information content (AvgIpc) is 1.80. The molecule has 4 heteroatoms. The van der Waals surface area contributed by atoms with Gasteiger partial charge in [0, 0.05) is 0 Å².